The molecule has 8 rings (SSSR count). The lowest BCUT2D eigenvalue weighted by Gasteiger charge is -2.50. The minimum Gasteiger partial charge on any atom is -0.450 e. The Kier molecular flexibility index (Phi) is 4.81. The van der Waals surface area contributed by atoms with Crippen LogP contribution in [-0.4, -0.2) is 64.9 Å². The van der Waals surface area contributed by atoms with E-state index in [4.69, 9.17) is 14.2 Å². The number of nitrogens with zero attached hydrogens (tertiary/aromatic N) is 3. The lowest BCUT2D eigenvalue weighted by atomic mass is 9.92. The van der Waals surface area contributed by atoms with Crippen LogP contribution < -0.4 is 5.32 Å². The highest BCUT2D eigenvalue weighted by Crippen LogP contribution is 2.54. The number of hydrogen-bond donors (Lipinski definition) is 1. The van der Waals surface area contributed by atoms with Crippen LogP contribution in [0.1, 0.15) is 47.2 Å². The number of amides is 3. The second-order valence-electron chi connectivity index (χ2n) is 11.1. The van der Waals surface area contributed by atoms with Gasteiger partial charge in [-0.05, 0) is 26.0 Å². The van der Waals surface area contributed by atoms with Crippen molar-refractivity contribution in [1.82, 2.24) is 19.4 Å². The first kappa shape index (κ1) is 24.4. The number of nitrogens with one attached hydrogen (secondary N) is 1. The van der Waals surface area contributed by atoms with Crippen molar-refractivity contribution < 1.29 is 28.6 Å². The zero-order valence-corrected chi connectivity index (χ0v) is 23.1. The predicted octanol–water partition coefficient (Wildman–Crippen LogP) is 4.86. The van der Waals surface area contributed by atoms with Gasteiger partial charge < -0.3 is 28.2 Å². The molecule has 41 heavy (non-hydrogen) atoms. The molecule has 3 amide bonds. The summed E-state index contributed by atoms with van der Waals surface area (Å²) in [6.07, 6.45) is -1.13. The normalized spacial score (nSPS) is 24.8. The highest BCUT2D eigenvalue weighted by atomic mass is 16.6. The molecule has 10 nitrogen and oxygen atoms in total. The molecular formula is C31H28N4O6. The van der Waals surface area contributed by atoms with E-state index in [1.54, 1.807) is 26.0 Å². The zero-order chi connectivity index (χ0) is 28.4. The van der Waals surface area contributed by atoms with E-state index in [2.05, 4.69) is 14.5 Å². The summed E-state index contributed by atoms with van der Waals surface area (Å²) in [4.78, 5) is 41.6. The summed E-state index contributed by atoms with van der Waals surface area (Å²) in [7, 11) is 3.35. The number of imide groups is 1. The lowest BCUT2D eigenvalue weighted by molar-refractivity contribution is -0.265. The average molecular weight is 553 g/mol. The van der Waals surface area contributed by atoms with E-state index >= 15 is 0 Å². The van der Waals surface area contributed by atoms with Gasteiger partial charge in [0.25, 0.3) is 11.8 Å². The van der Waals surface area contributed by atoms with Gasteiger partial charge in [0.15, 0.2) is 5.72 Å². The Labute approximate surface area is 234 Å². The monoisotopic (exact) mass is 552 g/mol. The van der Waals surface area contributed by atoms with E-state index in [1.807, 2.05) is 55.5 Å². The van der Waals surface area contributed by atoms with Crippen LogP contribution >= 0.6 is 0 Å². The Morgan fingerprint density at radius 2 is 1.63 bits per heavy atom. The van der Waals surface area contributed by atoms with Crippen LogP contribution in [0.4, 0.5) is 4.79 Å². The molecule has 0 spiro atoms. The molecule has 0 radical (unpaired) electrons. The molecule has 0 saturated carbocycles. The van der Waals surface area contributed by atoms with Crippen molar-refractivity contribution in [3.63, 3.8) is 0 Å². The van der Waals surface area contributed by atoms with Gasteiger partial charge in [0.2, 0.25) is 0 Å². The Bertz CT molecular complexity index is 2010. The molecule has 1 N–H and O–H groups in total. The average Bonchev–Trinajstić information content (AvgIpc) is 3.57. The third kappa shape index (κ3) is 2.81. The van der Waals surface area contributed by atoms with E-state index in [1.165, 1.54) is 0 Å². The van der Waals surface area contributed by atoms with Crippen LogP contribution in [0.2, 0.25) is 0 Å². The summed E-state index contributed by atoms with van der Waals surface area (Å²) in [5.41, 5.74) is 3.00. The van der Waals surface area contributed by atoms with Crippen LogP contribution in [0.5, 0.6) is 0 Å². The number of carbonyl (C=O) groups excluding carboxylic acids is 3. The van der Waals surface area contributed by atoms with Crippen molar-refractivity contribution in [2.45, 2.75) is 44.4 Å². The molecule has 208 valence electrons. The van der Waals surface area contributed by atoms with Gasteiger partial charge in [0.1, 0.15) is 12.3 Å². The zero-order valence-electron chi connectivity index (χ0n) is 23.1. The van der Waals surface area contributed by atoms with E-state index in [-0.39, 0.29) is 6.61 Å². The van der Waals surface area contributed by atoms with E-state index in [0.717, 1.165) is 38.2 Å². The minimum atomic E-state index is -1.11. The first-order valence-electron chi connectivity index (χ1n) is 13.8. The SMILES string of the molecule is CCOC(=O)N(C)[C@@H]1C[C@@H]2O[C@@](C)([C@H]1OC)n1c3ccccc3c3c4c(c5c6ccccc6n2c5c31)C(=O)NC4=O. The Hall–Kier alpha value is -4.41. The van der Waals surface area contributed by atoms with Gasteiger partial charge in [-0.25, -0.2) is 4.79 Å². The highest BCUT2D eigenvalue weighted by Gasteiger charge is 2.55. The molecule has 5 aromatic rings. The van der Waals surface area contributed by atoms with Gasteiger partial charge in [-0.3, -0.25) is 14.9 Å². The maximum atomic E-state index is 13.5. The number of fused-ring (bicyclic) bond motifs is 13. The molecule has 2 aromatic heterocycles. The van der Waals surface area contributed by atoms with Crippen molar-refractivity contribution in [1.29, 1.82) is 0 Å². The van der Waals surface area contributed by atoms with Crippen molar-refractivity contribution >= 4 is 61.5 Å². The van der Waals surface area contributed by atoms with Gasteiger partial charge in [-0.2, -0.15) is 0 Å². The number of rotatable bonds is 3. The molecule has 10 heteroatoms. The van der Waals surface area contributed by atoms with E-state index in [0.29, 0.717) is 22.9 Å². The summed E-state index contributed by atoms with van der Waals surface area (Å²) in [5, 5.41) is 5.69. The second kappa shape index (κ2) is 8.08. The smallest absolute Gasteiger partial charge is 0.409 e. The van der Waals surface area contributed by atoms with Gasteiger partial charge >= 0.3 is 6.09 Å². The number of ether oxygens (including phenoxy) is 3. The van der Waals surface area contributed by atoms with Crippen molar-refractivity contribution in [2.75, 3.05) is 20.8 Å². The number of methoxy groups -OCH3 is 1. The molecule has 0 aliphatic carbocycles. The van der Waals surface area contributed by atoms with Crippen LogP contribution in [0.15, 0.2) is 48.5 Å². The summed E-state index contributed by atoms with van der Waals surface area (Å²) in [6.45, 7) is 4.01. The van der Waals surface area contributed by atoms with Crippen LogP contribution in [-0.2, 0) is 19.9 Å². The number of likely N-dealkylation sites (N-methyl/N-ethyl adjacent to an activating group) is 1. The second-order valence-corrected chi connectivity index (χ2v) is 11.1. The minimum absolute atomic E-state index is 0.254. The van der Waals surface area contributed by atoms with Crippen molar-refractivity contribution in [3.8, 4) is 0 Å². The molecule has 1 fully saturated rings. The molecule has 3 aromatic carbocycles. The topological polar surface area (TPSA) is 104 Å². The largest absolute Gasteiger partial charge is 0.450 e. The van der Waals surface area contributed by atoms with Gasteiger partial charge in [-0.15, -0.1) is 0 Å². The molecule has 3 aliphatic rings. The summed E-state index contributed by atoms with van der Waals surface area (Å²) in [6, 6.07) is 15.3. The summed E-state index contributed by atoms with van der Waals surface area (Å²) in [5.74, 6) is -0.811. The number of benzene rings is 3. The molecular weight excluding hydrogens is 524 g/mol. The third-order valence-corrected chi connectivity index (χ3v) is 9.18. The van der Waals surface area contributed by atoms with Gasteiger partial charge in [0, 0.05) is 42.1 Å². The summed E-state index contributed by atoms with van der Waals surface area (Å²) < 4.78 is 22.9. The van der Waals surface area contributed by atoms with Crippen LogP contribution in [0, 0.1) is 0 Å². The first-order chi connectivity index (χ1) is 19.8. The number of hydrogen-bond acceptors (Lipinski definition) is 6. The van der Waals surface area contributed by atoms with Crippen molar-refractivity contribution in [2.24, 2.45) is 0 Å². The fourth-order valence-corrected chi connectivity index (χ4v) is 7.67. The highest BCUT2D eigenvalue weighted by molar-refractivity contribution is 6.39. The fraction of sp³-hybridized carbons (Fsp3) is 0.323. The first-order valence-corrected chi connectivity index (χ1v) is 13.8. The standard InChI is InChI=1S/C31H28N4O6/c1-5-40-30(38)33(3)19-14-20-34-17-12-8-6-10-15(17)21-23-24(29(37)32-28(23)36)22-16-11-7-9-13-18(16)35(26(22)25(21)34)31(2,41-20)27(19)39-4/h6-13,19-20,27H,5,14H2,1-4H3,(H,32,36,37)/t19-,20+,27+,31+/m1/s1. The Morgan fingerprint density at radius 1 is 1.02 bits per heavy atom. The van der Waals surface area contributed by atoms with Crippen LogP contribution in [0.3, 0.4) is 0 Å². The Balaban J connectivity index is 1.60. The molecule has 2 bridgehead atoms. The number of aromatic nitrogens is 2. The predicted molar refractivity (Wildman–Crippen MR) is 152 cm³/mol. The quantitative estimate of drug-likeness (QED) is 0.321. The molecule has 3 aliphatic heterocycles. The van der Waals surface area contributed by atoms with Crippen LogP contribution in [0.25, 0.3) is 43.6 Å². The molecule has 0 unspecified atom stereocenters. The molecule has 4 atom stereocenters. The van der Waals surface area contributed by atoms with E-state index in [9.17, 15) is 14.4 Å². The summed E-state index contributed by atoms with van der Waals surface area (Å²) >= 11 is 0. The van der Waals surface area contributed by atoms with Crippen molar-refractivity contribution in [3.05, 3.63) is 59.7 Å². The number of carbonyl (C=O) groups is 3. The lowest BCUT2D eigenvalue weighted by Crippen LogP contribution is -2.61. The number of para-hydroxylation sites is 2. The Morgan fingerprint density at radius 3 is 2.29 bits per heavy atom. The third-order valence-electron chi connectivity index (χ3n) is 9.18. The maximum Gasteiger partial charge on any atom is 0.409 e. The fourth-order valence-electron chi connectivity index (χ4n) is 7.67. The van der Waals surface area contributed by atoms with E-state index < -0.39 is 42.0 Å². The molecule has 1 saturated heterocycles. The van der Waals surface area contributed by atoms with Gasteiger partial charge in [0.05, 0.1) is 45.8 Å². The maximum absolute atomic E-state index is 13.5. The van der Waals surface area contributed by atoms with Gasteiger partial charge in [-0.1, -0.05) is 36.4 Å². The molecule has 5 heterocycles.